The van der Waals surface area contributed by atoms with Gasteiger partial charge in [-0.05, 0) is 31.4 Å². The van der Waals surface area contributed by atoms with Crippen molar-refractivity contribution >= 4 is 22.6 Å². The number of benzene rings is 1. The summed E-state index contributed by atoms with van der Waals surface area (Å²) in [5.41, 5.74) is 9.21. The highest BCUT2D eigenvalue weighted by molar-refractivity contribution is 5.95. The Kier molecular flexibility index (Phi) is 5.19. The lowest BCUT2D eigenvalue weighted by atomic mass is 10.1. The standard InChI is InChI=1S/C19H25N5O/c1-3-4-9-24-18(13(2)11-22-24)23-19(25)16(20)10-14-12-21-17-8-6-5-7-15(14)17/h5-8,11-12,16,21H,3-4,9-10,20H2,1-2H3,(H,23,25)/t16-/m1/s1. The van der Waals surface area contributed by atoms with E-state index in [9.17, 15) is 4.79 Å². The minimum absolute atomic E-state index is 0.188. The Bertz CT molecular complexity index is 864. The summed E-state index contributed by atoms with van der Waals surface area (Å²) in [6.07, 6.45) is 6.28. The molecule has 2 heterocycles. The zero-order valence-electron chi connectivity index (χ0n) is 14.7. The molecule has 1 atom stereocenters. The van der Waals surface area contributed by atoms with Gasteiger partial charge in [0.25, 0.3) is 0 Å². The molecule has 6 nitrogen and oxygen atoms in total. The molecule has 1 amide bonds. The first-order chi connectivity index (χ1) is 12.1. The fraction of sp³-hybridized carbons (Fsp3) is 0.368. The maximum Gasteiger partial charge on any atom is 0.242 e. The summed E-state index contributed by atoms with van der Waals surface area (Å²) >= 11 is 0. The quantitative estimate of drug-likeness (QED) is 0.618. The molecule has 2 aromatic heterocycles. The Labute approximate surface area is 147 Å². The maximum atomic E-state index is 12.6. The van der Waals surface area contributed by atoms with Crippen LogP contribution in [-0.2, 0) is 17.8 Å². The monoisotopic (exact) mass is 339 g/mol. The zero-order chi connectivity index (χ0) is 17.8. The van der Waals surface area contributed by atoms with Gasteiger partial charge in [-0.3, -0.25) is 4.79 Å². The van der Waals surface area contributed by atoms with E-state index in [1.54, 1.807) is 6.20 Å². The Hall–Kier alpha value is -2.60. The minimum Gasteiger partial charge on any atom is -0.361 e. The van der Waals surface area contributed by atoms with Crippen molar-refractivity contribution in [1.29, 1.82) is 0 Å². The molecule has 6 heteroatoms. The van der Waals surface area contributed by atoms with Crippen LogP contribution in [-0.4, -0.2) is 26.7 Å². The van der Waals surface area contributed by atoms with Crippen molar-refractivity contribution in [3.63, 3.8) is 0 Å². The van der Waals surface area contributed by atoms with E-state index < -0.39 is 6.04 Å². The lowest BCUT2D eigenvalue weighted by Crippen LogP contribution is -2.38. The number of fused-ring (bicyclic) bond motifs is 1. The number of para-hydroxylation sites is 1. The predicted octanol–water partition coefficient (Wildman–Crippen LogP) is 2.98. The highest BCUT2D eigenvalue weighted by Crippen LogP contribution is 2.20. The number of H-pyrrole nitrogens is 1. The first-order valence-corrected chi connectivity index (χ1v) is 8.74. The van der Waals surface area contributed by atoms with Crippen LogP contribution >= 0.6 is 0 Å². The molecule has 0 radical (unpaired) electrons. The van der Waals surface area contributed by atoms with Crippen LogP contribution in [0, 0.1) is 6.92 Å². The van der Waals surface area contributed by atoms with E-state index in [0.717, 1.165) is 47.2 Å². The lowest BCUT2D eigenvalue weighted by Gasteiger charge is -2.14. The van der Waals surface area contributed by atoms with Gasteiger partial charge in [0.2, 0.25) is 5.91 Å². The molecule has 0 saturated carbocycles. The molecule has 3 rings (SSSR count). The summed E-state index contributed by atoms with van der Waals surface area (Å²) in [6.45, 7) is 4.86. The van der Waals surface area contributed by atoms with Crippen molar-refractivity contribution in [2.24, 2.45) is 5.73 Å². The number of hydrogen-bond acceptors (Lipinski definition) is 3. The molecule has 25 heavy (non-hydrogen) atoms. The molecule has 0 saturated heterocycles. The molecule has 0 aliphatic heterocycles. The number of anilines is 1. The number of carbonyl (C=O) groups excluding carboxylic acids is 1. The first-order valence-electron chi connectivity index (χ1n) is 8.74. The molecule has 0 fully saturated rings. The number of aryl methyl sites for hydroxylation is 2. The van der Waals surface area contributed by atoms with Crippen LogP contribution in [0.1, 0.15) is 30.9 Å². The van der Waals surface area contributed by atoms with Crippen molar-refractivity contribution < 1.29 is 4.79 Å². The zero-order valence-corrected chi connectivity index (χ0v) is 14.7. The van der Waals surface area contributed by atoms with E-state index in [-0.39, 0.29) is 5.91 Å². The summed E-state index contributed by atoms with van der Waals surface area (Å²) in [4.78, 5) is 15.8. The van der Waals surface area contributed by atoms with Crippen LogP contribution in [0.15, 0.2) is 36.7 Å². The molecule has 0 aliphatic rings. The number of unbranched alkanes of at least 4 members (excludes halogenated alkanes) is 1. The molecule has 0 unspecified atom stereocenters. The summed E-state index contributed by atoms with van der Waals surface area (Å²) in [5, 5.41) is 8.40. The molecule has 4 N–H and O–H groups in total. The van der Waals surface area contributed by atoms with Gasteiger partial charge in [-0.25, -0.2) is 4.68 Å². The Morgan fingerprint density at radius 1 is 1.40 bits per heavy atom. The van der Waals surface area contributed by atoms with Crippen LogP contribution < -0.4 is 11.1 Å². The van der Waals surface area contributed by atoms with Crippen LogP contribution in [0.4, 0.5) is 5.82 Å². The third kappa shape index (κ3) is 3.74. The number of hydrogen-bond donors (Lipinski definition) is 3. The van der Waals surface area contributed by atoms with Crippen LogP contribution in [0.3, 0.4) is 0 Å². The molecule has 0 spiro atoms. The second kappa shape index (κ2) is 7.53. The van der Waals surface area contributed by atoms with Crippen molar-refractivity contribution in [3.8, 4) is 0 Å². The highest BCUT2D eigenvalue weighted by atomic mass is 16.2. The predicted molar refractivity (Wildman–Crippen MR) is 100 cm³/mol. The number of rotatable bonds is 7. The van der Waals surface area contributed by atoms with Crippen molar-refractivity contribution in [2.45, 2.75) is 45.7 Å². The number of nitrogens with zero attached hydrogens (tertiary/aromatic N) is 2. The van der Waals surface area contributed by atoms with Gasteiger partial charge in [-0.15, -0.1) is 0 Å². The number of nitrogens with one attached hydrogen (secondary N) is 2. The van der Waals surface area contributed by atoms with Crippen LogP contribution in [0.5, 0.6) is 0 Å². The Morgan fingerprint density at radius 3 is 3.00 bits per heavy atom. The van der Waals surface area contributed by atoms with Crippen LogP contribution in [0.2, 0.25) is 0 Å². The largest absolute Gasteiger partial charge is 0.361 e. The topological polar surface area (TPSA) is 88.7 Å². The second-order valence-corrected chi connectivity index (χ2v) is 6.41. The Morgan fingerprint density at radius 2 is 2.20 bits per heavy atom. The van der Waals surface area contributed by atoms with E-state index in [0.29, 0.717) is 6.42 Å². The van der Waals surface area contributed by atoms with Gasteiger partial charge in [0.1, 0.15) is 5.82 Å². The van der Waals surface area contributed by atoms with Gasteiger partial charge >= 0.3 is 0 Å². The van der Waals surface area contributed by atoms with E-state index in [2.05, 4.69) is 22.3 Å². The number of aromatic nitrogens is 3. The van der Waals surface area contributed by atoms with Gasteiger partial charge in [0, 0.05) is 29.2 Å². The van der Waals surface area contributed by atoms with Crippen LogP contribution in [0.25, 0.3) is 10.9 Å². The summed E-state index contributed by atoms with van der Waals surface area (Å²) in [5.74, 6) is 0.555. The normalized spacial score (nSPS) is 12.4. The molecule has 3 aromatic rings. The van der Waals surface area contributed by atoms with Crippen molar-refractivity contribution in [2.75, 3.05) is 5.32 Å². The molecule has 0 bridgehead atoms. The van der Waals surface area contributed by atoms with Gasteiger partial charge in [-0.1, -0.05) is 31.5 Å². The molecular formula is C19H25N5O. The molecule has 132 valence electrons. The van der Waals surface area contributed by atoms with Crippen molar-refractivity contribution in [3.05, 3.63) is 47.8 Å². The number of amides is 1. The Balaban J connectivity index is 1.70. The fourth-order valence-corrected chi connectivity index (χ4v) is 2.96. The molecular weight excluding hydrogens is 314 g/mol. The first kappa shape index (κ1) is 17.2. The van der Waals surface area contributed by atoms with E-state index in [1.165, 1.54) is 0 Å². The van der Waals surface area contributed by atoms with Crippen molar-refractivity contribution in [1.82, 2.24) is 14.8 Å². The van der Waals surface area contributed by atoms with E-state index >= 15 is 0 Å². The van der Waals surface area contributed by atoms with Gasteiger partial charge in [-0.2, -0.15) is 5.10 Å². The smallest absolute Gasteiger partial charge is 0.242 e. The van der Waals surface area contributed by atoms with E-state index in [1.807, 2.05) is 42.1 Å². The SMILES string of the molecule is CCCCn1ncc(C)c1NC(=O)[C@H](N)Cc1c[nH]c2ccccc12. The fourth-order valence-electron chi connectivity index (χ4n) is 2.96. The third-order valence-corrected chi connectivity index (χ3v) is 4.44. The average Bonchev–Trinajstić information content (AvgIpc) is 3.18. The average molecular weight is 339 g/mol. The van der Waals surface area contributed by atoms with Gasteiger partial charge < -0.3 is 16.0 Å². The number of aromatic amines is 1. The minimum atomic E-state index is -0.617. The molecule has 0 aliphatic carbocycles. The van der Waals surface area contributed by atoms with Gasteiger partial charge in [0.15, 0.2) is 0 Å². The van der Waals surface area contributed by atoms with E-state index in [4.69, 9.17) is 5.73 Å². The van der Waals surface area contributed by atoms with Gasteiger partial charge in [0.05, 0.1) is 12.2 Å². The second-order valence-electron chi connectivity index (χ2n) is 6.41. The number of nitrogens with two attached hydrogens (primary N) is 1. The third-order valence-electron chi connectivity index (χ3n) is 4.44. The summed E-state index contributed by atoms with van der Waals surface area (Å²) in [7, 11) is 0. The lowest BCUT2D eigenvalue weighted by molar-refractivity contribution is -0.117. The summed E-state index contributed by atoms with van der Waals surface area (Å²) < 4.78 is 1.84. The summed E-state index contributed by atoms with van der Waals surface area (Å²) in [6, 6.07) is 7.40. The molecule has 1 aromatic carbocycles. The number of carbonyl (C=O) groups is 1. The maximum absolute atomic E-state index is 12.6. The highest BCUT2D eigenvalue weighted by Gasteiger charge is 2.19.